The lowest BCUT2D eigenvalue weighted by Crippen LogP contribution is -2.53. The summed E-state index contributed by atoms with van der Waals surface area (Å²) in [5, 5.41) is 23.8. The molecule has 3 heterocycles. The first kappa shape index (κ1) is 43.8. The van der Waals surface area contributed by atoms with Gasteiger partial charge in [0.15, 0.2) is 0 Å². The molecule has 0 fully saturated rings. The van der Waals surface area contributed by atoms with Crippen LogP contribution in [0.25, 0.3) is 0 Å². The van der Waals surface area contributed by atoms with Crippen molar-refractivity contribution in [2.75, 3.05) is 26.2 Å². The molecule has 2 aliphatic heterocycles. The minimum absolute atomic E-state index is 0.0175. The Labute approximate surface area is 330 Å². The van der Waals surface area contributed by atoms with Crippen LogP contribution in [0, 0.1) is 17.8 Å². The van der Waals surface area contributed by atoms with Gasteiger partial charge in [0.05, 0.1) is 30.3 Å². The Morgan fingerprint density at radius 2 is 1.72 bits per heavy atom. The number of hydrogen-bond donors (Lipinski definition) is 8. The van der Waals surface area contributed by atoms with Crippen LogP contribution in [-0.4, -0.2) is 90.7 Å². The van der Waals surface area contributed by atoms with E-state index in [2.05, 4.69) is 31.4 Å². The van der Waals surface area contributed by atoms with E-state index in [4.69, 9.17) is 10.6 Å². The maximum absolute atomic E-state index is 13.7. The second kappa shape index (κ2) is 20.8. The summed E-state index contributed by atoms with van der Waals surface area (Å²) in [6, 6.07) is 14.4. The van der Waals surface area contributed by atoms with Crippen molar-refractivity contribution in [3.05, 3.63) is 89.2 Å². The monoisotopic (exact) mass is 808 g/mol. The van der Waals surface area contributed by atoms with Crippen LogP contribution in [0.5, 0.6) is 5.75 Å². The highest BCUT2D eigenvalue weighted by Gasteiger charge is 2.36. The van der Waals surface area contributed by atoms with Crippen molar-refractivity contribution in [3.8, 4) is 5.75 Å². The first-order valence-corrected chi connectivity index (χ1v) is 19.8. The molecule has 18 nitrogen and oxygen atoms in total. The lowest BCUT2D eigenvalue weighted by Gasteiger charge is -2.28. The lowest BCUT2D eigenvalue weighted by atomic mass is 9.81. The molecule has 306 valence electrons. The quantitative estimate of drug-likeness (QED) is 0.0284. The number of hydroxylamine groups is 1. The molecule has 0 spiro atoms. The second-order valence-electron chi connectivity index (χ2n) is 13.8. The molecule has 2 bridgehead atoms. The molecule has 0 radical (unpaired) electrons. The molecule has 1 aromatic heterocycles. The molecule has 5 rings (SSSR count). The topological polar surface area (TPSA) is 281 Å². The summed E-state index contributed by atoms with van der Waals surface area (Å²) >= 11 is 0. The molecule has 5 amide bonds. The van der Waals surface area contributed by atoms with Gasteiger partial charge in [-0.2, -0.15) is 13.5 Å². The number of amides is 5. The Morgan fingerprint density at radius 1 is 1.00 bits per heavy atom. The van der Waals surface area contributed by atoms with Gasteiger partial charge >= 0.3 is 0 Å². The fourth-order valence-corrected chi connectivity index (χ4v) is 6.99. The van der Waals surface area contributed by atoms with E-state index in [1.807, 2.05) is 13.8 Å². The van der Waals surface area contributed by atoms with Gasteiger partial charge in [0, 0.05) is 37.2 Å². The van der Waals surface area contributed by atoms with Gasteiger partial charge in [-0.05, 0) is 67.5 Å². The summed E-state index contributed by atoms with van der Waals surface area (Å²) < 4.78 is 39.0. The van der Waals surface area contributed by atoms with Gasteiger partial charge in [0.1, 0.15) is 22.4 Å². The third-order valence-corrected chi connectivity index (χ3v) is 10.0. The number of fused-ring (bicyclic) bond motifs is 11. The van der Waals surface area contributed by atoms with Crippen LogP contribution in [0.3, 0.4) is 0 Å². The largest absolute Gasteiger partial charge is 0.494 e. The fraction of sp³-hybridized carbons (Fsp3) is 0.395. The number of hydrazone groups is 1. The molecule has 3 atom stereocenters. The SMILES string of the molecule is CC(C)CC1C(=O)NC(C(=O)NCC(=O)NCCCNC(=O)c2ccc(/C(=N/N)c3ccccc3S(=O)(=O)O)nc2)Cc2ccc(cc2)OCCCC1C(=O)NO. The third kappa shape index (κ3) is 12.8. The minimum atomic E-state index is -4.58. The summed E-state index contributed by atoms with van der Waals surface area (Å²) in [6.45, 7) is 4.05. The van der Waals surface area contributed by atoms with Gasteiger partial charge in [-0.1, -0.05) is 44.2 Å². The van der Waals surface area contributed by atoms with E-state index in [1.54, 1.807) is 29.7 Å². The van der Waals surface area contributed by atoms with E-state index < -0.39 is 69.0 Å². The number of benzene rings is 2. The summed E-state index contributed by atoms with van der Waals surface area (Å²) in [6.07, 6.45) is 2.69. The first-order chi connectivity index (χ1) is 27.2. The van der Waals surface area contributed by atoms with Gasteiger partial charge in [0.25, 0.3) is 16.0 Å². The number of nitrogens with one attached hydrogen (secondary N) is 5. The molecule has 57 heavy (non-hydrogen) atoms. The van der Waals surface area contributed by atoms with Crippen LogP contribution < -0.4 is 37.3 Å². The zero-order valence-electron chi connectivity index (χ0n) is 31.6. The maximum atomic E-state index is 13.7. The van der Waals surface area contributed by atoms with Crippen molar-refractivity contribution < 1.29 is 46.9 Å². The van der Waals surface area contributed by atoms with Crippen LogP contribution in [0.2, 0.25) is 0 Å². The highest BCUT2D eigenvalue weighted by atomic mass is 32.2. The van der Waals surface area contributed by atoms with Crippen molar-refractivity contribution in [1.82, 2.24) is 31.7 Å². The van der Waals surface area contributed by atoms with E-state index >= 15 is 0 Å². The Balaban J connectivity index is 1.29. The standard InChI is InChI=1S/C38H48N8O10S/c1-23(2)19-29-27(37(50)46-52)8-5-18-56-26-13-10-24(11-14-26)20-31(44-36(29)49)38(51)43-22-33(47)40-16-6-17-41-35(48)25-12-15-30(42-21-25)34(45-39)28-7-3-4-9-32(28)57(53,54)55/h3-4,7,9-15,21,23,27,29,31,52H,5-6,8,16-20,22,39H2,1-2H3,(H,40,47)(H,41,48)(H,43,51)(H,44,49)(H,46,50)(H,53,54,55)/b45-34+. The Morgan fingerprint density at radius 3 is 2.37 bits per heavy atom. The number of carbonyl (C=O) groups excluding carboxylic acids is 5. The zero-order valence-corrected chi connectivity index (χ0v) is 32.4. The average molecular weight is 809 g/mol. The Kier molecular flexibility index (Phi) is 16.0. The van der Waals surface area contributed by atoms with Crippen LogP contribution in [-0.2, 0) is 35.7 Å². The molecule has 19 heteroatoms. The lowest BCUT2D eigenvalue weighted by molar-refractivity contribution is -0.142. The Hall–Kier alpha value is -5.92. The summed E-state index contributed by atoms with van der Waals surface area (Å²) in [5.41, 5.74) is 2.74. The van der Waals surface area contributed by atoms with Crippen molar-refractivity contribution >= 4 is 45.4 Å². The molecule has 2 aliphatic rings. The van der Waals surface area contributed by atoms with Crippen molar-refractivity contribution in [3.63, 3.8) is 0 Å². The van der Waals surface area contributed by atoms with E-state index in [9.17, 15) is 42.2 Å². The predicted molar refractivity (Wildman–Crippen MR) is 206 cm³/mol. The number of rotatable bonds is 14. The van der Waals surface area contributed by atoms with Crippen LogP contribution in [0.4, 0.5) is 0 Å². The third-order valence-electron chi connectivity index (χ3n) is 9.12. The number of carbonyl (C=O) groups is 5. The average Bonchev–Trinajstić information content (AvgIpc) is 3.19. The van der Waals surface area contributed by atoms with E-state index in [0.717, 1.165) is 5.56 Å². The molecular weight excluding hydrogens is 761 g/mol. The molecule has 2 aromatic carbocycles. The number of aromatic nitrogens is 1. The fourth-order valence-electron chi connectivity index (χ4n) is 6.30. The summed E-state index contributed by atoms with van der Waals surface area (Å²) in [4.78, 5) is 69.0. The van der Waals surface area contributed by atoms with Crippen LogP contribution in [0.15, 0.2) is 76.9 Å². The van der Waals surface area contributed by atoms with Crippen molar-refractivity contribution in [2.45, 2.75) is 56.9 Å². The van der Waals surface area contributed by atoms with E-state index in [1.165, 1.54) is 42.6 Å². The smallest absolute Gasteiger partial charge is 0.295 e. The molecular formula is C38H48N8O10S. The minimum Gasteiger partial charge on any atom is -0.494 e. The van der Waals surface area contributed by atoms with Crippen molar-refractivity contribution in [2.24, 2.45) is 28.7 Å². The molecule has 3 unspecified atom stereocenters. The molecule has 0 saturated heterocycles. The summed E-state index contributed by atoms with van der Waals surface area (Å²) in [5.74, 6) is 1.59. The first-order valence-electron chi connectivity index (χ1n) is 18.3. The zero-order chi connectivity index (χ0) is 41.5. The van der Waals surface area contributed by atoms with Gasteiger partial charge in [-0.3, -0.25) is 38.7 Å². The van der Waals surface area contributed by atoms with Gasteiger partial charge < -0.3 is 31.8 Å². The highest BCUT2D eigenvalue weighted by molar-refractivity contribution is 7.86. The van der Waals surface area contributed by atoms with Crippen molar-refractivity contribution in [1.29, 1.82) is 0 Å². The normalized spacial score (nSPS) is 17.7. The van der Waals surface area contributed by atoms with Gasteiger partial charge in [0.2, 0.25) is 23.6 Å². The second-order valence-corrected chi connectivity index (χ2v) is 15.2. The number of ether oxygens (including phenoxy) is 1. The summed E-state index contributed by atoms with van der Waals surface area (Å²) in [7, 11) is -4.58. The molecule has 0 aliphatic carbocycles. The maximum Gasteiger partial charge on any atom is 0.295 e. The molecule has 9 N–H and O–H groups in total. The van der Waals surface area contributed by atoms with Gasteiger partial charge in [-0.25, -0.2) is 5.48 Å². The predicted octanol–water partition coefficient (Wildman–Crippen LogP) is 1.08. The Bertz CT molecular complexity index is 2030. The van der Waals surface area contributed by atoms with Crippen LogP contribution in [0.1, 0.15) is 66.7 Å². The molecule has 0 saturated carbocycles. The highest BCUT2D eigenvalue weighted by Crippen LogP contribution is 2.27. The van der Waals surface area contributed by atoms with E-state index in [-0.39, 0.29) is 54.4 Å². The number of nitrogens with two attached hydrogens (primary N) is 1. The number of nitrogens with zero attached hydrogens (tertiary/aromatic N) is 2. The van der Waals surface area contributed by atoms with Gasteiger partial charge in [-0.15, -0.1) is 0 Å². The number of pyridine rings is 1. The van der Waals surface area contributed by atoms with E-state index in [0.29, 0.717) is 31.6 Å². The van der Waals surface area contributed by atoms with Crippen LogP contribution >= 0.6 is 0 Å². The number of hydrogen-bond acceptors (Lipinski definition) is 12. The molecule has 3 aromatic rings.